The number of fused-ring (bicyclic) bond motifs is 1. The van der Waals surface area contributed by atoms with Crippen molar-refractivity contribution in [2.24, 2.45) is 5.73 Å². The predicted molar refractivity (Wildman–Crippen MR) is 81.1 cm³/mol. The van der Waals surface area contributed by atoms with Crippen molar-refractivity contribution in [2.75, 3.05) is 0 Å². The first-order valence-corrected chi connectivity index (χ1v) is 7.08. The first-order valence-electron chi connectivity index (χ1n) is 6.32. The highest BCUT2D eigenvalue weighted by Gasteiger charge is 2.18. The Morgan fingerprint density at radius 2 is 1.75 bits per heavy atom. The molecule has 0 saturated heterocycles. The number of hydrogen-bond donors (Lipinski definition) is 3. The van der Waals surface area contributed by atoms with Crippen LogP contribution in [-0.4, -0.2) is 5.11 Å². The molecular weight excluding hydrogens is 295 g/mol. The minimum Gasteiger partial charge on any atom is -0.508 e. The smallest absolute Gasteiger partial charge is 0.122 e. The normalized spacial score (nSPS) is 15.2. The first kappa shape index (κ1) is 13.7. The summed E-state index contributed by atoms with van der Waals surface area (Å²) in [6, 6.07) is 8.73. The van der Waals surface area contributed by atoms with Crippen LogP contribution >= 0.6 is 23.2 Å². The van der Waals surface area contributed by atoms with Crippen molar-refractivity contribution < 1.29 is 5.11 Å². The second-order valence-electron chi connectivity index (χ2n) is 4.93. The van der Waals surface area contributed by atoms with Crippen LogP contribution in [0.5, 0.6) is 5.75 Å². The van der Waals surface area contributed by atoms with Gasteiger partial charge < -0.3 is 16.2 Å². The largest absolute Gasteiger partial charge is 0.508 e. The van der Waals surface area contributed by atoms with Crippen LogP contribution in [0.4, 0.5) is 0 Å². The van der Waals surface area contributed by atoms with Crippen LogP contribution in [-0.2, 0) is 13.1 Å². The van der Waals surface area contributed by atoms with Crippen LogP contribution in [0, 0.1) is 0 Å². The molecule has 3 nitrogen and oxygen atoms in total. The Bertz CT molecular complexity index is 673. The Balaban J connectivity index is 2.00. The maximum absolute atomic E-state index is 10.0. The minimum atomic E-state index is -0.435. The van der Waals surface area contributed by atoms with E-state index in [1.807, 2.05) is 6.07 Å². The fourth-order valence-electron chi connectivity index (χ4n) is 2.49. The Morgan fingerprint density at radius 1 is 1.05 bits per heavy atom. The van der Waals surface area contributed by atoms with Gasteiger partial charge in [0.15, 0.2) is 0 Å². The number of benzene rings is 2. The van der Waals surface area contributed by atoms with Gasteiger partial charge in [0, 0.05) is 24.7 Å². The van der Waals surface area contributed by atoms with Crippen molar-refractivity contribution >= 4 is 23.2 Å². The fourth-order valence-corrected chi connectivity index (χ4v) is 2.82. The van der Waals surface area contributed by atoms with Gasteiger partial charge in [-0.05, 0) is 22.8 Å². The maximum Gasteiger partial charge on any atom is 0.122 e. The monoisotopic (exact) mass is 308 g/mol. The quantitative estimate of drug-likeness (QED) is 0.797. The van der Waals surface area contributed by atoms with Gasteiger partial charge >= 0.3 is 0 Å². The van der Waals surface area contributed by atoms with Gasteiger partial charge in [0.25, 0.3) is 0 Å². The summed E-state index contributed by atoms with van der Waals surface area (Å²) in [5.74, 6) is 0.0607. The first-order chi connectivity index (χ1) is 9.56. The van der Waals surface area contributed by atoms with Crippen molar-refractivity contribution in [3.05, 3.63) is 62.6 Å². The zero-order valence-corrected chi connectivity index (χ0v) is 12.2. The van der Waals surface area contributed by atoms with Crippen molar-refractivity contribution in [1.29, 1.82) is 0 Å². The average Bonchev–Trinajstić information content (AvgIpc) is 2.89. The van der Waals surface area contributed by atoms with E-state index in [1.54, 1.807) is 6.07 Å². The lowest BCUT2D eigenvalue weighted by molar-refractivity contribution is 0.465. The third-order valence-electron chi connectivity index (χ3n) is 3.62. The molecule has 0 bridgehead atoms. The zero-order chi connectivity index (χ0) is 14.3. The van der Waals surface area contributed by atoms with Crippen molar-refractivity contribution in [1.82, 2.24) is 5.32 Å². The van der Waals surface area contributed by atoms with Gasteiger partial charge in [0.1, 0.15) is 5.75 Å². The highest BCUT2D eigenvalue weighted by Crippen LogP contribution is 2.35. The molecule has 0 fully saturated rings. The van der Waals surface area contributed by atoms with Crippen LogP contribution in [0.15, 0.2) is 30.3 Å². The number of nitrogens with one attached hydrogen (secondary N) is 1. The number of phenols is 1. The Kier molecular flexibility index (Phi) is 3.61. The molecule has 0 spiro atoms. The fraction of sp³-hybridized carbons (Fsp3) is 0.200. The minimum absolute atomic E-state index is 0.0607. The molecule has 2 aromatic carbocycles. The number of halogens is 2. The van der Waals surface area contributed by atoms with E-state index in [1.165, 1.54) is 17.2 Å². The molecule has 5 heteroatoms. The Labute approximate surface area is 127 Å². The van der Waals surface area contributed by atoms with Crippen LogP contribution in [0.25, 0.3) is 0 Å². The van der Waals surface area contributed by atoms with Gasteiger partial charge in [-0.15, -0.1) is 0 Å². The van der Waals surface area contributed by atoms with E-state index in [2.05, 4.69) is 17.4 Å². The molecule has 0 saturated carbocycles. The van der Waals surface area contributed by atoms with E-state index in [9.17, 15) is 5.11 Å². The van der Waals surface area contributed by atoms with Crippen LogP contribution < -0.4 is 11.1 Å². The average molecular weight is 309 g/mol. The third kappa shape index (κ3) is 2.38. The van der Waals surface area contributed by atoms with Gasteiger partial charge in [-0.2, -0.15) is 0 Å². The van der Waals surface area contributed by atoms with E-state index in [-0.39, 0.29) is 5.75 Å². The molecule has 0 amide bonds. The van der Waals surface area contributed by atoms with Crippen molar-refractivity contribution in [2.45, 2.75) is 19.1 Å². The molecule has 0 aromatic heterocycles. The topological polar surface area (TPSA) is 58.3 Å². The Morgan fingerprint density at radius 3 is 2.55 bits per heavy atom. The number of nitrogens with two attached hydrogens (primary N) is 1. The van der Waals surface area contributed by atoms with E-state index in [4.69, 9.17) is 28.9 Å². The molecule has 1 atom stereocenters. The summed E-state index contributed by atoms with van der Waals surface area (Å²) in [6.07, 6.45) is 0. The molecular formula is C15H14Cl2N2O. The van der Waals surface area contributed by atoms with Gasteiger partial charge in [-0.1, -0.05) is 41.4 Å². The maximum atomic E-state index is 10.0. The molecule has 0 radical (unpaired) electrons. The van der Waals surface area contributed by atoms with E-state index >= 15 is 0 Å². The standard InChI is InChI=1S/C15H14Cl2N2O/c16-12-4-11(14(20)5-13(12)17)15(18)8-1-2-9-6-19-7-10(9)3-8/h1-5,15,19-20H,6-7,18H2. The second kappa shape index (κ2) is 5.26. The molecule has 20 heavy (non-hydrogen) atoms. The summed E-state index contributed by atoms with van der Waals surface area (Å²) in [4.78, 5) is 0. The second-order valence-corrected chi connectivity index (χ2v) is 5.75. The number of phenolic OH excluding ortho intramolecular Hbond substituents is 1. The number of aromatic hydroxyl groups is 1. The predicted octanol–water partition coefficient (Wildman–Crippen LogP) is 3.35. The number of rotatable bonds is 2. The summed E-state index contributed by atoms with van der Waals surface area (Å²) in [5, 5.41) is 14.0. The molecule has 2 aromatic rings. The van der Waals surface area contributed by atoms with E-state index < -0.39 is 6.04 Å². The lowest BCUT2D eigenvalue weighted by Gasteiger charge is -2.16. The lowest BCUT2D eigenvalue weighted by atomic mass is 9.96. The summed E-state index contributed by atoms with van der Waals surface area (Å²) >= 11 is 11.9. The van der Waals surface area contributed by atoms with Crippen molar-refractivity contribution in [3.8, 4) is 5.75 Å². The highest BCUT2D eigenvalue weighted by molar-refractivity contribution is 6.42. The van der Waals surface area contributed by atoms with E-state index in [0.29, 0.717) is 15.6 Å². The van der Waals surface area contributed by atoms with E-state index in [0.717, 1.165) is 18.7 Å². The molecule has 1 heterocycles. The van der Waals surface area contributed by atoms with Crippen LogP contribution in [0.1, 0.15) is 28.3 Å². The highest BCUT2D eigenvalue weighted by atomic mass is 35.5. The van der Waals surface area contributed by atoms with Gasteiger partial charge in [-0.3, -0.25) is 0 Å². The SMILES string of the molecule is NC(c1ccc2c(c1)CNC2)c1cc(Cl)c(Cl)cc1O. The summed E-state index contributed by atoms with van der Waals surface area (Å²) in [6.45, 7) is 1.74. The summed E-state index contributed by atoms with van der Waals surface area (Å²) in [7, 11) is 0. The molecule has 3 rings (SSSR count). The molecule has 4 N–H and O–H groups in total. The van der Waals surface area contributed by atoms with Crippen LogP contribution in [0.3, 0.4) is 0 Å². The summed E-state index contributed by atoms with van der Waals surface area (Å²) in [5.41, 5.74) is 10.3. The van der Waals surface area contributed by atoms with Crippen LogP contribution in [0.2, 0.25) is 10.0 Å². The van der Waals surface area contributed by atoms with Gasteiger partial charge in [-0.25, -0.2) is 0 Å². The van der Waals surface area contributed by atoms with Gasteiger partial charge in [0.05, 0.1) is 16.1 Å². The van der Waals surface area contributed by atoms with Gasteiger partial charge in [0.2, 0.25) is 0 Å². The molecule has 104 valence electrons. The lowest BCUT2D eigenvalue weighted by Crippen LogP contribution is -2.12. The Hall–Kier alpha value is -1.26. The third-order valence-corrected chi connectivity index (χ3v) is 4.35. The number of hydrogen-bond acceptors (Lipinski definition) is 3. The molecule has 1 aliphatic rings. The van der Waals surface area contributed by atoms with Crippen molar-refractivity contribution in [3.63, 3.8) is 0 Å². The summed E-state index contributed by atoms with van der Waals surface area (Å²) < 4.78 is 0. The zero-order valence-electron chi connectivity index (χ0n) is 10.7. The molecule has 0 aliphatic carbocycles. The molecule has 1 unspecified atom stereocenters. The molecule has 1 aliphatic heterocycles.